The minimum absolute atomic E-state index is 0.684. The largest absolute Gasteiger partial charge is 0.399 e. The third-order valence-electron chi connectivity index (χ3n) is 2.51. The molecular formula is C12H21N3. The Morgan fingerprint density at radius 3 is 2.53 bits per heavy atom. The van der Waals surface area contributed by atoms with E-state index >= 15 is 0 Å². The second-order valence-electron chi connectivity index (χ2n) is 3.82. The smallest absolute Gasteiger partial charge is 0.0370 e. The maximum Gasteiger partial charge on any atom is 0.0370 e. The molecule has 0 radical (unpaired) electrons. The first-order chi connectivity index (χ1) is 7.19. The van der Waals surface area contributed by atoms with E-state index in [9.17, 15) is 0 Å². The summed E-state index contributed by atoms with van der Waals surface area (Å²) < 4.78 is 0. The van der Waals surface area contributed by atoms with Gasteiger partial charge in [-0.2, -0.15) is 0 Å². The fourth-order valence-corrected chi connectivity index (χ4v) is 1.65. The Morgan fingerprint density at radius 2 is 2.00 bits per heavy atom. The fourth-order valence-electron chi connectivity index (χ4n) is 1.65. The van der Waals surface area contributed by atoms with Crippen LogP contribution in [0.4, 0.5) is 11.4 Å². The van der Waals surface area contributed by atoms with Crippen LogP contribution in [0.1, 0.15) is 18.9 Å². The highest BCUT2D eigenvalue weighted by Gasteiger charge is 2.05. The molecule has 4 N–H and O–H groups in total. The van der Waals surface area contributed by atoms with Gasteiger partial charge in [-0.1, -0.05) is 6.92 Å². The van der Waals surface area contributed by atoms with E-state index in [1.54, 1.807) is 0 Å². The van der Waals surface area contributed by atoms with E-state index in [-0.39, 0.29) is 0 Å². The van der Waals surface area contributed by atoms with Gasteiger partial charge < -0.3 is 16.4 Å². The molecule has 0 fully saturated rings. The average molecular weight is 207 g/mol. The maximum atomic E-state index is 5.79. The molecule has 3 heteroatoms. The van der Waals surface area contributed by atoms with Gasteiger partial charge in [0.05, 0.1) is 0 Å². The molecule has 1 aromatic rings. The molecular weight excluding hydrogens is 186 g/mol. The third kappa shape index (κ3) is 3.13. The molecule has 0 saturated heterocycles. The number of hydrogen-bond donors (Lipinski definition) is 2. The van der Waals surface area contributed by atoms with Crippen molar-refractivity contribution in [1.82, 2.24) is 0 Å². The van der Waals surface area contributed by atoms with Crippen molar-refractivity contribution in [2.75, 3.05) is 30.3 Å². The standard InChI is InChI=1S/C12H21N3/c1-3-7-15(8-6-13)11-4-5-12(14)10(2)9-11/h4-5,9H,3,6-8,13-14H2,1-2H3. The van der Waals surface area contributed by atoms with E-state index in [0.717, 1.165) is 30.8 Å². The summed E-state index contributed by atoms with van der Waals surface area (Å²) in [5.74, 6) is 0. The van der Waals surface area contributed by atoms with Gasteiger partial charge in [0.25, 0.3) is 0 Å². The van der Waals surface area contributed by atoms with Gasteiger partial charge >= 0.3 is 0 Å². The van der Waals surface area contributed by atoms with Crippen LogP contribution in [0.5, 0.6) is 0 Å². The Labute approximate surface area is 92.1 Å². The lowest BCUT2D eigenvalue weighted by Gasteiger charge is -2.24. The van der Waals surface area contributed by atoms with Crippen molar-refractivity contribution in [3.05, 3.63) is 23.8 Å². The lowest BCUT2D eigenvalue weighted by Crippen LogP contribution is -2.30. The summed E-state index contributed by atoms with van der Waals surface area (Å²) in [6.45, 7) is 6.83. The number of nitrogen functional groups attached to an aromatic ring is 1. The molecule has 0 aliphatic heterocycles. The Kier molecular flexibility index (Phi) is 4.43. The fraction of sp³-hybridized carbons (Fsp3) is 0.500. The summed E-state index contributed by atoms with van der Waals surface area (Å²) in [7, 11) is 0. The summed E-state index contributed by atoms with van der Waals surface area (Å²) in [6, 6.07) is 6.15. The van der Waals surface area contributed by atoms with Crippen molar-refractivity contribution < 1.29 is 0 Å². The number of nitrogens with two attached hydrogens (primary N) is 2. The summed E-state index contributed by atoms with van der Waals surface area (Å²) in [6.07, 6.45) is 1.13. The highest BCUT2D eigenvalue weighted by atomic mass is 15.1. The van der Waals surface area contributed by atoms with E-state index in [1.807, 2.05) is 13.0 Å². The van der Waals surface area contributed by atoms with Crippen LogP contribution < -0.4 is 16.4 Å². The zero-order chi connectivity index (χ0) is 11.3. The van der Waals surface area contributed by atoms with Crippen LogP contribution >= 0.6 is 0 Å². The van der Waals surface area contributed by atoms with E-state index in [0.29, 0.717) is 6.54 Å². The quantitative estimate of drug-likeness (QED) is 0.723. The second-order valence-corrected chi connectivity index (χ2v) is 3.82. The molecule has 0 aliphatic carbocycles. The van der Waals surface area contributed by atoms with Crippen molar-refractivity contribution in [3.63, 3.8) is 0 Å². The predicted octanol–water partition coefficient (Wildman–Crippen LogP) is 1.75. The predicted molar refractivity (Wildman–Crippen MR) is 67.1 cm³/mol. The molecule has 0 aliphatic rings. The molecule has 0 atom stereocenters. The van der Waals surface area contributed by atoms with Gasteiger partial charge in [0.2, 0.25) is 0 Å². The van der Waals surface area contributed by atoms with Crippen molar-refractivity contribution in [2.24, 2.45) is 5.73 Å². The molecule has 0 saturated carbocycles. The van der Waals surface area contributed by atoms with Crippen LogP contribution in [0, 0.1) is 6.92 Å². The monoisotopic (exact) mass is 207 g/mol. The van der Waals surface area contributed by atoms with E-state index < -0.39 is 0 Å². The first kappa shape index (κ1) is 11.9. The summed E-state index contributed by atoms with van der Waals surface area (Å²) >= 11 is 0. The SMILES string of the molecule is CCCN(CCN)c1ccc(N)c(C)c1. The molecule has 3 nitrogen and oxygen atoms in total. The van der Waals surface area contributed by atoms with Crippen molar-refractivity contribution in [3.8, 4) is 0 Å². The Bertz CT molecular complexity index is 304. The first-order valence-corrected chi connectivity index (χ1v) is 5.50. The van der Waals surface area contributed by atoms with Gasteiger partial charge in [0.1, 0.15) is 0 Å². The Morgan fingerprint density at radius 1 is 1.27 bits per heavy atom. The lowest BCUT2D eigenvalue weighted by molar-refractivity contribution is 0.762. The summed E-state index contributed by atoms with van der Waals surface area (Å²) in [5, 5.41) is 0. The minimum Gasteiger partial charge on any atom is -0.399 e. The number of rotatable bonds is 5. The van der Waals surface area contributed by atoms with Gasteiger partial charge in [-0.3, -0.25) is 0 Å². The second kappa shape index (κ2) is 5.61. The van der Waals surface area contributed by atoms with Gasteiger partial charge in [-0.25, -0.2) is 0 Å². The van der Waals surface area contributed by atoms with Crippen LogP contribution in [0.3, 0.4) is 0 Å². The lowest BCUT2D eigenvalue weighted by atomic mass is 10.1. The molecule has 1 aromatic carbocycles. The normalized spacial score (nSPS) is 10.3. The zero-order valence-electron chi connectivity index (χ0n) is 9.66. The van der Waals surface area contributed by atoms with E-state index in [1.165, 1.54) is 5.69 Å². The van der Waals surface area contributed by atoms with Crippen LogP contribution in [0.2, 0.25) is 0 Å². The molecule has 0 unspecified atom stereocenters. The maximum absolute atomic E-state index is 5.79. The topological polar surface area (TPSA) is 55.3 Å². The molecule has 0 bridgehead atoms. The van der Waals surface area contributed by atoms with Crippen LogP contribution in [0.15, 0.2) is 18.2 Å². The third-order valence-corrected chi connectivity index (χ3v) is 2.51. The number of hydrogen-bond acceptors (Lipinski definition) is 3. The van der Waals surface area contributed by atoms with Gasteiger partial charge in [0.15, 0.2) is 0 Å². The molecule has 0 spiro atoms. The summed E-state index contributed by atoms with van der Waals surface area (Å²) in [5.41, 5.74) is 14.6. The van der Waals surface area contributed by atoms with E-state index in [4.69, 9.17) is 11.5 Å². The van der Waals surface area contributed by atoms with Gasteiger partial charge in [-0.15, -0.1) is 0 Å². The number of anilines is 2. The Hall–Kier alpha value is -1.22. The van der Waals surface area contributed by atoms with Crippen molar-refractivity contribution in [1.29, 1.82) is 0 Å². The summed E-state index contributed by atoms with van der Waals surface area (Å²) in [4.78, 5) is 2.30. The van der Waals surface area contributed by atoms with Crippen molar-refractivity contribution >= 4 is 11.4 Å². The number of benzene rings is 1. The Balaban J connectivity index is 2.85. The van der Waals surface area contributed by atoms with Gasteiger partial charge in [-0.05, 0) is 37.1 Å². The number of nitrogens with zero attached hydrogens (tertiary/aromatic N) is 1. The van der Waals surface area contributed by atoms with Gasteiger partial charge in [0, 0.05) is 31.0 Å². The van der Waals surface area contributed by atoms with E-state index in [2.05, 4.69) is 24.0 Å². The van der Waals surface area contributed by atoms with Crippen molar-refractivity contribution in [2.45, 2.75) is 20.3 Å². The van der Waals surface area contributed by atoms with Crippen LogP contribution in [0.25, 0.3) is 0 Å². The first-order valence-electron chi connectivity index (χ1n) is 5.50. The highest BCUT2D eigenvalue weighted by molar-refractivity contribution is 5.58. The number of aryl methyl sites for hydroxylation is 1. The zero-order valence-corrected chi connectivity index (χ0v) is 9.66. The van der Waals surface area contributed by atoms with Crippen LogP contribution in [-0.4, -0.2) is 19.6 Å². The van der Waals surface area contributed by atoms with Crippen LogP contribution in [-0.2, 0) is 0 Å². The molecule has 84 valence electrons. The molecule has 15 heavy (non-hydrogen) atoms. The molecule has 0 aromatic heterocycles. The molecule has 0 heterocycles. The average Bonchev–Trinajstić information content (AvgIpc) is 2.22. The minimum atomic E-state index is 0.684. The molecule has 1 rings (SSSR count). The molecule has 0 amide bonds. The highest BCUT2D eigenvalue weighted by Crippen LogP contribution is 2.20.